The van der Waals surface area contributed by atoms with Crippen molar-refractivity contribution in [2.75, 3.05) is 31.5 Å². The quantitative estimate of drug-likeness (QED) is 0.408. The first kappa shape index (κ1) is 22.3. The Kier molecular flexibility index (Phi) is 5.63. The molecule has 36 heavy (non-hydrogen) atoms. The van der Waals surface area contributed by atoms with E-state index >= 15 is 0 Å². The minimum absolute atomic E-state index is 0.00815. The Bertz CT molecular complexity index is 1480. The molecule has 0 radical (unpaired) electrons. The molecule has 0 aliphatic carbocycles. The van der Waals surface area contributed by atoms with Gasteiger partial charge >= 0.3 is 0 Å². The van der Waals surface area contributed by atoms with Crippen molar-refractivity contribution in [1.82, 2.24) is 34.9 Å². The number of piperidine rings is 1. The molecule has 1 fully saturated rings. The Morgan fingerprint density at radius 2 is 1.94 bits per heavy atom. The fourth-order valence-electron chi connectivity index (χ4n) is 5.18. The summed E-state index contributed by atoms with van der Waals surface area (Å²) in [6, 6.07) is 8.08. The van der Waals surface area contributed by atoms with Gasteiger partial charge in [-0.2, -0.15) is 5.10 Å². The van der Waals surface area contributed by atoms with Crippen LogP contribution in [0, 0.1) is 5.92 Å². The second-order valence-electron chi connectivity index (χ2n) is 9.51. The van der Waals surface area contributed by atoms with E-state index in [0.29, 0.717) is 26.2 Å². The standard InChI is InChI=1S/C26H28N8O2/c1-16(35)33-8-6-18(7-9-33)26(36)34-10-4-17(5-11-34)23-13-21-24(27-15-28-25(21)31-23)30-20-2-3-22-19(12-20)14-29-32-22/h2-4,12-15,18H,5-11H2,1H3,(H,29,32)(H2,27,28,30,31). The highest BCUT2D eigenvalue weighted by Crippen LogP contribution is 2.30. The van der Waals surface area contributed by atoms with Gasteiger partial charge in [-0.25, -0.2) is 9.97 Å². The molecule has 10 nitrogen and oxygen atoms in total. The number of aromatic amines is 2. The molecule has 1 saturated heterocycles. The van der Waals surface area contributed by atoms with E-state index in [1.165, 1.54) is 5.57 Å². The lowest BCUT2D eigenvalue weighted by Crippen LogP contribution is -2.44. The van der Waals surface area contributed by atoms with Crippen LogP contribution in [0.25, 0.3) is 27.5 Å². The molecule has 10 heteroatoms. The summed E-state index contributed by atoms with van der Waals surface area (Å²) >= 11 is 0. The van der Waals surface area contributed by atoms with Crippen molar-refractivity contribution in [2.45, 2.75) is 26.2 Å². The summed E-state index contributed by atoms with van der Waals surface area (Å²) in [6.07, 6.45) is 7.74. The molecular formula is C26H28N8O2. The number of carbonyl (C=O) groups excluding carboxylic acids is 2. The van der Waals surface area contributed by atoms with Crippen LogP contribution in [0.3, 0.4) is 0 Å². The molecule has 0 unspecified atom stereocenters. The number of anilines is 2. The molecular weight excluding hydrogens is 456 g/mol. The van der Waals surface area contributed by atoms with Crippen LogP contribution in [0.2, 0.25) is 0 Å². The normalized spacial score (nSPS) is 17.0. The maximum absolute atomic E-state index is 13.0. The van der Waals surface area contributed by atoms with Crippen LogP contribution in [-0.4, -0.2) is 72.9 Å². The average molecular weight is 485 g/mol. The molecule has 184 valence electrons. The summed E-state index contributed by atoms with van der Waals surface area (Å²) in [4.78, 5) is 40.7. The molecule has 3 aromatic heterocycles. The van der Waals surface area contributed by atoms with E-state index in [1.54, 1.807) is 19.4 Å². The highest BCUT2D eigenvalue weighted by molar-refractivity contribution is 5.93. The number of amides is 2. The van der Waals surface area contributed by atoms with Crippen molar-refractivity contribution in [3.63, 3.8) is 0 Å². The minimum atomic E-state index is 0.00815. The van der Waals surface area contributed by atoms with E-state index in [9.17, 15) is 9.59 Å². The summed E-state index contributed by atoms with van der Waals surface area (Å²) in [5.74, 6) is 1.04. The van der Waals surface area contributed by atoms with Gasteiger partial charge in [0.1, 0.15) is 17.8 Å². The Labute approximate surface area is 207 Å². The average Bonchev–Trinajstić information content (AvgIpc) is 3.56. The first-order valence-corrected chi connectivity index (χ1v) is 12.3. The van der Waals surface area contributed by atoms with Gasteiger partial charge in [-0.15, -0.1) is 0 Å². The minimum Gasteiger partial charge on any atom is -0.343 e. The number of likely N-dealkylation sites (tertiary alicyclic amines) is 1. The van der Waals surface area contributed by atoms with Crippen LogP contribution < -0.4 is 5.32 Å². The third-order valence-electron chi connectivity index (χ3n) is 7.28. The number of rotatable bonds is 4. The molecule has 2 aliphatic heterocycles. The summed E-state index contributed by atoms with van der Waals surface area (Å²) in [5.41, 5.74) is 4.85. The van der Waals surface area contributed by atoms with Gasteiger partial charge in [-0.3, -0.25) is 14.7 Å². The molecule has 4 aromatic rings. The van der Waals surface area contributed by atoms with E-state index < -0.39 is 0 Å². The van der Waals surface area contributed by atoms with Crippen molar-refractivity contribution < 1.29 is 9.59 Å². The van der Waals surface area contributed by atoms with Gasteiger partial charge in [-0.1, -0.05) is 6.08 Å². The van der Waals surface area contributed by atoms with Crippen LogP contribution in [0.1, 0.15) is 31.9 Å². The lowest BCUT2D eigenvalue weighted by Gasteiger charge is -2.34. The Hall–Kier alpha value is -4.21. The second kappa shape index (κ2) is 9.10. The maximum Gasteiger partial charge on any atom is 0.226 e. The number of fused-ring (bicyclic) bond motifs is 2. The van der Waals surface area contributed by atoms with Gasteiger partial charge in [0.25, 0.3) is 0 Å². The van der Waals surface area contributed by atoms with Crippen molar-refractivity contribution in [3.05, 3.63) is 48.6 Å². The summed E-state index contributed by atoms with van der Waals surface area (Å²) < 4.78 is 0. The molecule has 2 aliphatic rings. The number of nitrogens with zero attached hydrogens (tertiary/aromatic N) is 5. The fourth-order valence-corrected chi connectivity index (χ4v) is 5.18. The molecule has 3 N–H and O–H groups in total. The number of hydrogen-bond donors (Lipinski definition) is 3. The van der Waals surface area contributed by atoms with Gasteiger partial charge < -0.3 is 20.1 Å². The summed E-state index contributed by atoms with van der Waals surface area (Å²) in [6.45, 7) is 4.21. The number of aromatic nitrogens is 5. The first-order chi connectivity index (χ1) is 17.5. The monoisotopic (exact) mass is 484 g/mol. The van der Waals surface area contributed by atoms with Crippen molar-refractivity contribution in [2.24, 2.45) is 5.92 Å². The van der Waals surface area contributed by atoms with E-state index in [4.69, 9.17) is 0 Å². The zero-order valence-corrected chi connectivity index (χ0v) is 20.1. The Morgan fingerprint density at radius 1 is 1.08 bits per heavy atom. The molecule has 2 amide bonds. The second-order valence-corrected chi connectivity index (χ2v) is 9.51. The van der Waals surface area contributed by atoms with E-state index in [-0.39, 0.29) is 17.7 Å². The largest absolute Gasteiger partial charge is 0.343 e. The maximum atomic E-state index is 13.0. The van der Waals surface area contributed by atoms with Crippen LogP contribution in [0.4, 0.5) is 11.5 Å². The SMILES string of the molecule is CC(=O)N1CCC(C(=O)N2CC=C(c3cc4c(Nc5ccc6[nH]ncc6c5)ncnc4[nH]3)CC2)CC1. The highest BCUT2D eigenvalue weighted by Gasteiger charge is 2.30. The third-order valence-corrected chi connectivity index (χ3v) is 7.28. The number of nitrogens with one attached hydrogen (secondary N) is 3. The van der Waals surface area contributed by atoms with Crippen LogP contribution in [-0.2, 0) is 9.59 Å². The zero-order valence-electron chi connectivity index (χ0n) is 20.1. The smallest absolute Gasteiger partial charge is 0.226 e. The van der Waals surface area contributed by atoms with Gasteiger partial charge in [0, 0.05) is 55.8 Å². The fraction of sp³-hybridized carbons (Fsp3) is 0.346. The van der Waals surface area contributed by atoms with Crippen LogP contribution in [0.5, 0.6) is 0 Å². The molecule has 0 bridgehead atoms. The predicted molar refractivity (Wildman–Crippen MR) is 137 cm³/mol. The number of hydrogen-bond acceptors (Lipinski definition) is 6. The Morgan fingerprint density at radius 3 is 2.72 bits per heavy atom. The molecule has 0 spiro atoms. The van der Waals surface area contributed by atoms with Crippen molar-refractivity contribution >= 4 is 50.8 Å². The van der Waals surface area contributed by atoms with E-state index in [0.717, 1.165) is 58.4 Å². The van der Waals surface area contributed by atoms with Gasteiger partial charge in [0.15, 0.2) is 0 Å². The Balaban J connectivity index is 1.16. The van der Waals surface area contributed by atoms with Crippen molar-refractivity contribution in [3.8, 4) is 0 Å². The van der Waals surface area contributed by atoms with E-state index in [2.05, 4.69) is 42.6 Å². The molecule has 5 heterocycles. The topological polar surface area (TPSA) is 123 Å². The van der Waals surface area contributed by atoms with E-state index in [1.807, 2.05) is 28.0 Å². The molecule has 1 aromatic carbocycles. The third kappa shape index (κ3) is 4.19. The van der Waals surface area contributed by atoms with Gasteiger partial charge in [-0.05, 0) is 49.1 Å². The number of benzene rings is 1. The van der Waals surface area contributed by atoms with Crippen LogP contribution in [0.15, 0.2) is 42.9 Å². The summed E-state index contributed by atoms with van der Waals surface area (Å²) in [5, 5.41) is 12.4. The lowest BCUT2D eigenvalue weighted by atomic mass is 9.94. The first-order valence-electron chi connectivity index (χ1n) is 12.3. The lowest BCUT2D eigenvalue weighted by molar-refractivity contribution is -0.139. The number of H-pyrrole nitrogens is 2. The van der Waals surface area contributed by atoms with Gasteiger partial charge in [0.05, 0.1) is 17.1 Å². The molecule has 0 saturated carbocycles. The van der Waals surface area contributed by atoms with Crippen molar-refractivity contribution in [1.29, 1.82) is 0 Å². The molecule has 0 atom stereocenters. The van der Waals surface area contributed by atoms with Crippen LogP contribution >= 0.6 is 0 Å². The zero-order chi connectivity index (χ0) is 24.6. The highest BCUT2D eigenvalue weighted by atomic mass is 16.2. The number of carbonyl (C=O) groups is 2. The van der Waals surface area contributed by atoms with Gasteiger partial charge in [0.2, 0.25) is 11.8 Å². The molecule has 6 rings (SSSR count). The summed E-state index contributed by atoms with van der Waals surface area (Å²) in [7, 11) is 0. The predicted octanol–water partition coefficient (Wildman–Crippen LogP) is 3.45.